The van der Waals surface area contributed by atoms with Crippen molar-refractivity contribution < 1.29 is 28.7 Å². The number of rotatable bonds is 9. The lowest BCUT2D eigenvalue weighted by Crippen LogP contribution is -2.50. The van der Waals surface area contributed by atoms with Gasteiger partial charge in [0.05, 0.1) is 50.1 Å². The highest BCUT2D eigenvalue weighted by Crippen LogP contribution is 2.51. The summed E-state index contributed by atoms with van der Waals surface area (Å²) in [5.74, 6) is 1.93. The summed E-state index contributed by atoms with van der Waals surface area (Å²) in [6, 6.07) is 15.2. The first-order valence-electron chi connectivity index (χ1n) is 18.8. The number of methoxy groups -OCH3 is 2. The van der Waals surface area contributed by atoms with Crippen LogP contribution in [0.4, 0.5) is 9.59 Å². The molecule has 4 N–H and O–H groups in total. The van der Waals surface area contributed by atoms with Crippen molar-refractivity contribution in [1.82, 2.24) is 40.4 Å². The number of aromatic amines is 2. The summed E-state index contributed by atoms with van der Waals surface area (Å²) in [7, 11) is 2.57. The van der Waals surface area contributed by atoms with Crippen LogP contribution in [0, 0.1) is 11.8 Å². The second-order valence-corrected chi connectivity index (χ2v) is 15.1. The number of amides is 4. The van der Waals surface area contributed by atoms with Crippen LogP contribution in [0.15, 0.2) is 60.9 Å². The fraction of sp³-hybridized carbons (Fsp3) is 0.450. The van der Waals surface area contributed by atoms with Crippen LogP contribution in [-0.2, 0) is 19.1 Å². The molecule has 0 radical (unpaired) electrons. The Morgan fingerprint density at radius 1 is 0.630 bits per heavy atom. The predicted molar refractivity (Wildman–Crippen MR) is 198 cm³/mol. The maximum absolute atomic E-state index is 13.5. The molecule has 2 aromatic heterocycles. The molecule has 2 saturated heterocycles. The zero-order chi connectivity index (χ0) is 37.7. The third-order valence-electron chi connectivity index (χ3n) is 11.9. The number of piperidine rings is 2. The van der Waals surface area contributed by atoms with Crippen LogP contribution >= 0.6 is 0 Å². The Labute approximate surface area is 313 Å². The molecule has 14 nitrogen and oxygen atoms in total. The average Bonchev–Trinajstić information content (AvgIpc) is 4.06. The van der Waals surface area contributed by atoms with E-state index in [0.717, 1.165) is 83.8 Å². The van der Waals surface area contributed by atoms with Gasteiger partial charge in [0.2, 0.25) is 11.8 Å². The molecular formula is C40H46N8O6. The normalized spacial score (nSPS) is 25.0. The third kappa shape index (κ3) is 6.36. The molecule has 4 fully saturated rings. The maximum atomic E-state index is 13.5. The van der Waals surface area contributed by atoms with Gasteiger partial charge in [0, 0.05) is 12.1 Å². The van der Waals surface area contributed by atoms with Crippen LogP contribution in [0.25, 0.3) is 33.6 Å². The summed E-state index contributed by atoms with van der Waals surface area (Å²) in [5.41, 5.74) is 5.87. The Morgan fingerprint density at radius 3 is 1.37 bits per heavy atom. The van der Waals surface area contributed by atoms with Gasteiger partial charge in [-0.2, -0.15) is 0 Å². The number of benzene rings is 2. The number of hydrogen-bond donors (Lipinski definition) is 4. The Kier molecular flexibility index (Phi) is 9.36. The zero-order valence-corrected chi connectivity index (χ0v) is 30.9. The number of imidazole rings is 2. The molecule has 8 rings (SSSR count). The van der Waals surface area contributed by atoms with E-state index in [2.05, 4.69) is 69.1 Å². The number of hydrogen-bond acceptors (Lipinski definition) is 8. The number of nitrogens with one attached hydrogen (secondary N) is 4. The molecule has 4 aromatic rings. The van der Waals surface area contributed by atoms with Gasteiger partial charge in [0.25, 0.3) is 0 Å². The van der Waals surface area contributed by atoms with Gasteiger partial charge in [0.1, 0.15) is 23.7 Å². The molecule has 54 heavy (non-hydrogen) atoms. The predicted octanol–water partition coefficient (Wildman–Crippen LogP) is 5.73. The zero-order valence-electron chi connectivity index (χ0n) is 30.9. The van der Waals surface area contributed by atoms with E-state index in [0.29, 0.717) is 11.8 Å². The molecule has 0 spiro atoms. The van der Waals surface area contributed by atoms with Gasteiger partial charge in [-0.1, -0.05) is 48.5 Å². The molecule has 2 saturated carbocycles. The number of alkyl carbamates (subject to hydrolysis) is 2. The molecule has 4 aliphatic rings. The Hall–Kier alpha value is -5.66. The van der Waals surface area contributed by atoms with E-state index >= 15 is 0 Å². The second kappa shape index (κ2) is 14.3. The van der Waals surface area contributed by atoms with Crippen LogP contribution in [-0.4, -0.2) is 92.1 Å². The van der Waals surface area contributed by atoms with Crippen molar-refractivity contribution >= 4 is 24.0 Å². The molecule has 4 bridgehead atoms. The second-order valence-electron chi connectivity index (χ2n) is 15.1. The summed E-state index contributed by atoms with van der Waals surface area (Å²) in [6.07, 6.45) is 8.27. The van der Waals surface area contributed by atoms with E-state index in [4.69, 9.17) is 19.4 Å². The monoisotopic (exact) mass is 734 g/mol. The van der Waals surface area contributed by atoms with Crippen molar-refractivity contribution in [2.45, 2.75) is 88.6 Å². The number of fused-ring (bicyclic) bond motifs is 4. The molecule has 14 heteroatoms. The van der Waals surface area contributed by atoms with Gasteiger partial charge >= 0.3 is 12.2 Å². The summed E-state index contributed by atoms with van der Waals surface area (Å²) >= 11 is 0. The van der Waals surface area contributed by atoms with Crippen molar-refractivity contribution in [2.24, 2.45) is 11.8 Å². The highest BCUT2D eigenvalue weighted by molar-refractivity contribution is 5.87. The van der Waals surface area contributed by atoms with Gasteiger partial charge in [-0.15, -0.1) is 0 Å². The average molecular weight is 735 g/mol. The number of aromatic nitrogens is 4. The molecule has 2 aliphatic carbocycles. The van der Waals surface area contributed by atoms with Gasteiger partial charge in [-0.05, 0) is 86.5 Å². The van der Waals surface area contributed by atoms with Crippen molar-refractivity contribution in [3.8, 4) is 33.6 Å². The molecular weight excluding hydrogens is 688 g/mol. The van der Waals surface area contributed by atoms with Crippen LogP contribution in [0.3, 0.4) is 0 Å². The highest BCUT2D eigenvalue weighted by atomic mass is 16.5. The summed E-state index contributed by atoms with van der Waals surface area (Å²) in [4.78, 5) is 70.8. The lowest BCUT2D eigenvalue weighted by molar-refractivity contribution is -0.138. The van der Waals surface area contributed by atoms with E-state index in [1.54, 1.807) is 13.8 Å². The lowest BCUT2D eigenvalue weighted by atomic mass is 9.97. The molecule has 8 atom stereocenters. The summed E-state index contributed by atoms with van der Waals surface area (Å²) in [5, 5.41) is 5.23. The first-order chi connectivity index (χ1) is 26.1. The van der Waals surface area contributed by atoms with E-state index < -0.39 is 24.3 Å². The van der Waals surface area contributed by atoms with Crippen LogP contribution in [0.5, 0.6) is 0 Å². The SMILES string of the molecule is COC(=O)N[C@@H](C)C(=O)N1[C@@H]2CC[C@@H](C2)[C@H]1c1ncc(-c2ccc(-c3ccc(-c4cnc([C@@H]5[C@H]6CC[C@H](C6)N5C(=O)[C@H](C)NC(=O)OC)[nH]4)cc3)cc2)[nH]1. The van der Waals surface area contributed by atoms with E-state index in [1.807, 2.05) is 22.2 Å². The number of nitrogens with zero attached hydrogens (tertiary/aromatic N) is 4. The van der Waals surface area contributed by atoms with Crippen LogP contribution < -0.4 is 10.6 Å². The topological polar surface area (TPSA) is 175 Å². The minimum atomic E-state index is -0.699. The van der Waals surface area contributed by atoms with Gasteiger partial charge in [-0.25, -0.2) is 19.6 Å². The number of ether oxygens (including phenoxy) is 2. The lowest BCUT2D eigenvalue weighted by Gasteiger charge is -2.36. The molecule has 4 amide bonds. The number of carbonyl (C=O) groups excluding carboxylic acids is 4. The van der Waals surface area contributed by atoms with Crippen molar-refractivity contribution in [3.63, 3.8) is 0 Å². The van der Waals surface area contributed by atoms with Crippen molar-refractivity contribution in [3.05, 3.63) is 72.6 Å². The Balaban J connectivity index is 0.941. The summed E-state index contributed by atoms with van der Waals surface area (Å²) < 4.78 is 9.41. The minimum Gasteiger partial charge on any atom is -0.453 e. The number of H-pyrrole nitrogens is 2. The quantitative estimate of drug-likeness (QED) is 0.169. The summed E-state index contributed by atoms with van der Waals surface area (Å²) in [6.45, 7) is 3.38. The standard InChI is InChI=1S/C40H46N8O6/c1-21(43-39(51)53-3)37(49)47-29-15-13-27(17-29)33(47)35-41-19-31(45-35)25-9-5-23(6-10-25)24-7-11-26(12-8-24)32-20-42-36(46-32)34-28-14-16-30(18-28)48(34)38(50)22(2)44-40(52)54-4/h5-12,19-22,27-30,33-34H,13-18H2,1-4H3,(H,41,45)(H,42,46)(H,43,51)(H,44,52)/t21-,22-,27-,28-,29+,30+,33-,34-/m0/s1. The Morgan fingerprint density at radius 2 is 1.00 bits per heavy atom. The van der Waals surface area contributed by atoms with Gasteiger partial charge in [0.15, 0.2) is 0 Å². The smallest absolute Gasteiger partial charge is 0.407 e. The van der Waals surface area contributed by atoms with E-state index in [-0.39, 0.29) is 36.0 Å². The van der Waals surface area contributed by atoms with Crippen molar-refractivity contribution in [1.29, 1.82) is 0 Å². The number of carbonyl (C=O) groups is 4. The number of likely N-dealkylation sites (tertiary alicyclic amines) is 2. The largest absolute Gasteiger partial charge is 0.453 e. The molecule has 4 heterocycles. The van der Waals surface area contributed by atoms with Crippen molar-refractivity contribution in [2.75, 3.05) is 14.2 Å². The van der Waals surface area contributed by atoms with Gasteiger partial charge < -0.3 is 39.9 Å². The maximum Gasteiger partial charge on any atom is 0.407 e. The highest BCUT2D eigenvalue weighted by Gasteiger charge is 2.52. The van der Waals surface area contributed by atoms with E-state index in [1.165, 1.54) is 14.2 Å². The third-order valence-corrected chi connectivity index (χ3v) is 11.9. The minimum absolute atomic E-state index is 0.126. The molecule has 2 aromatic carbocycles. The van der Waals surface area contributed by atoms with Crippen LogP contribution in [0.1, 0.15) is 76.1 Å². The van der Waals surface area contributed by atoms with Crippen LogP contribution in [0.2, 0.25) is 0 Å². The molecule has 282 valence electrons. The first-order valence-corrected chi connectivity index (χ1v) is 18.8. The first kappa shape index (κ1) is 35.4. The molecule has 2 aliphatic heterocycles. The van der Waals surface area contributed by atoms with Gasteiger partial charge in [-0.3, -0.25) is 9.59 Å². The van der Waals surface area contributed by atoms with E-state index in [9.17, 15) is 19.2 Å². The Bertz CT molecular complexity index is 1900. The molecule has 0 unspecified atom stereocenters. The fourth-order valence-corrected chi connectivity index (χ4v) is 9.31. The fourth-order valence-electron chi connectivity index (χ4n) is 9.31.